The molecule has 0 radical (unpaired) electrons. The highest BCUT2D eigenvalue weighted by Gasteiger charge is 2.22. The van der Waals surface area contributed by atoms with Crippen LogP contribution in [-0.4, -0.2) is 182 Å². The Morgan fingerprint density at radius 3 is 1.06 bits per heavy atom. The van der Waals surface area contributed by atoms with E-state index in [4.69, 9.17) is 4.98 Å². The molecule has 4 amide bonds. The number of anilines is 4. The van der Waals surface area contributed by atoms with Crippen LogP contribution >= 0.6 is 0 Å². The molecule has 12 N–H and O–H groups in total. The molecular weight excluding hydrogens is 1820 g/mol. The number of amides is 4. The predicted molar refractivity (Wildman–Crippen MR) is 541 cm³/mol. The number of carbonyl (C=O) groups excluding carboxylic acids is 4. The molecule has 0 saturated heterocycles. The highest BCUT2D eigenvalue weighted by Crippen LogP contribution is 2.34. The van der Waals surface area contributed by atoms with Gasteiger partial charge in [-0.3, -0.25) is 77.8 Å². The molecule has 0 bridgehead atoms. The molecule has 24 aromatic rings. The minimum atomic E-state index is -0.150. The number of pyridine rings is 6. The van der Waals surface area contributed by atoms with Gasteiger partial charge < -0.3 is 41.2 Å². The summed E-state index contributed by atoms with van der Waals surface area (Å²) in [6, 6.07) is 60.8. The monoisotopic (exact) mass is 1900 g/mol. The first kappa shape index (κ1) is 90.0. The van der Waals surface area contributed by atoms with E-state index in [1.54, 1.807) is 87.3 Å². The predicted octanol–water partition coefficient (Wildman–Crippen LogP) is 16.3. The quantitative estimate of drug-likeness (QED) is 0.0267. The topological polar surface area (TPSA) is 520 Å². The van der Waals surface area contributed by atoms with E-state index < -0.39 is 0 Å². The van der Waals surface area contributed by atoms with Crippen molar-refractivity contribution in [2.75, 3.05) is 21.3 Å². The highest BCUT2D eigenvalue weighted by molar-refractivity contribution is 5.97. The summed E-state index contributed by atoms with van der Waals surface area (Å²) in [5.74, 6) is 3.80. The van der Waals surface area contributed by atoms with Gasteiger partial charge in [0.1, 0.15) is 72.1 Å². The lowest BCUT2D eigenvalue weighted by Crippen LogP contribution is -2.14. The fraction of sp³-hybridized carbons (Fsp3) is 0.0769. The lowest BCUT2D eigenvalue weighted by molar-refractivity contribution is -0.116. The molecular formula is C104H84N36O4. The van der Waals surface area contributed by atoms with Crippen LogP contribution in [0.15, 0.2) is 319 Å². The molecule has 0 saturated carbocycles. The summed E-state index contributed by atoms with van der Waals surface area (Å²) in [7, 11) is 0. The Morgan fingerprint density at radius 2 is 0.660 bits per heavy atom. The van der Waals surface area contributed by atoms with Crippen molar-refractivity contribution < 1.29 is 19.2 Å². The highest BCUT2D eigenvalue weighted by atomic mass is 16.2. The molecule has 20 heterocycles. The van der Waals surface area contributed by atoms with E-state index >= 15 is 0 Å². The molecule has 24 rings (SSSR count). The van der Waals surface area contributed by atoms with Crippen molar-refractivity contribution in [2.24, 2.45) is 0 Å². The van der Waals surface area contributed by atoms with E-state index in [0.717, 1.165) is 175 Å². The number of benzene rings is 4. The molecule has 144 heavy (non-hydrogen) atoms. The SMILES string of the molecule is Cc1cn(-c2nccc3[nH]c(-c4ccc(NC(=O)Cc5cc(-c6cccnc6)n[nH]5)cc4)cc23)cn1.Cc1cn(-c2nccc3[nH]c(-c4ccc(NC(=O)Cc5cc(-c6cccnc6)n[nH]5)cc4)nc23)cn1.Cc1cn(-c2ncnc3[nH]c(-c4ccc(NC(=O)Cc5cc(-c6cccnc6)n[nH]5)cc4)cc23)cn1.Cc1cn(-c2ncnc3nc(-c4ccc(NC(=O)Cc5cc(-c6cccnc6)n[nH]5)cc4)[nH]c23)cn1. The molecule has 0 unspecified atom stereocenters. The number of H-pyrrole nitrogens is 8. The van der Waals surface area contributed by atoms with Gasteiger partial charge in [-0.2, -0.15) is 20.4 Å². The average molecular weight is 1900 g/mol. The van der Waals surface area contributed by atoms with Crippen molar-refractivity contribution >= 4 is 90.5 Å². The Kier molecular flexibility index (Phi) is 25.3. The number of nitrogens with one attached hydrogen (secondary N) is 12. The zero-order chi connectivity index (χ0) is 97.9. The third kappa shape index (κ3) is 20.8. The molecule has 0 fully saturated rings. The second-order valence-corrected chi connectivity index (χ2v) is 33.5. The largest absolute Gasteiger partial charge is 0.354 e. The van der Waals surface area contributed by atoms with Gasteiger partial charge in [0.25, 0.3) is 0 Å². The van der Waals surface area contributed by atoms with Crippen LogP contribution in [0.3, 0.4) is 0 Å². The van der Waals surface area contributed by atoms with Crippen LogP contribution in [0.1, 0.15) is 45.6 Å². The molecule has 20 aromatic heterocycles. The van der Waals surface area contributed by atoms with Crippen molar-refractivity contribution in [1.29, 1.82) is 0 Å². The van der Waals surface area contributed by atoms with Crippen molar-refractivity contribution in [3.63, 3.8) is 0 Å². The zero-order valence-corrected chi connectivity index (χ0v) is 77.2. The standard InChI is InChI=1S/C27H22N8O.2C26H21N9O.C25H20N10O/c1-17-15-35(16-30-17)27-22-13-24(32-23(22)8-10-29-27)18-4-6-20(7-5-18)31-26(36)12-21-11-25(34-33-21)19-3-2-9-28-14-19;1-16-14-35(15-29-16)26-24-21(8-10-28-26)31-25(32-24)17-4-6-19(7-5-17)30-23(36)12-20-11-22(34-33-20)18-3-2-9-27-13-18;1-16-13-35(15-30-16)26-21-11-22(32-25(21)28-14-29-26)17-4-6-19(7-5-17)31-24(36)10-20-9-23(34-33-20)18-3-2-8-27-12-18;1-15-12-35(14-29-15)25-22-24(27-13-28-25)32-23(31-22)16-4-6-18(7-5-16)30-21(36)10-19-9-20(34-33-19)17-3-2-8-26-11-17/h2-11,13-16,32H,12H2,1H3,(H,31,36)(H,33,34);2-11,13-15H,12H2,1H3,(H,30,36)(H,31,32)(H,33,34);2-9,11-15H,10H2,1H3,(H,31,36)(H,33,34)(H,28,29,32);2-9,11-14H,10H2,1H3,(H,30,36)(H,33,34)(H,27,28,31,32). The van der Waals surface area contributed by atoms with E-state index in [-0.39, 0.29) is 49.3 Å². The maximum Gasteiger partial charge on any atom is 0.230 e. The summed E-state index contributed by atoms with van der Waals surface area (Å²) >= 11 is 0. The first-order chi connectivity index (χ1) is 70.5. The molecule has 40 heteroatoms. The van der Waals surface area contributed by atoms with Crippen molar-refractivity contribution in [3.8, 4) is 114 Å². The molecule has 0 spiro atoms. The number of aromatic nitrogens is 32. The summed E-state index contributed by atoms with van der Waals surface area (Å²) in [6.45, 7) is 7.74. The first-order valence-corrected chi connectivity index (χ1v) is 45.3. The number of nitrogens with zero attached hydrogens (tertiary/aromatic N) is 24. The molecule has 0 aliphatic carbocycles. The van der Waals surface area contributed by atoms with Crippen LogP contribution in [0.2, 0.25) is 0 Å². The minimum absolute atomic E-state index is 0.124. The van der Waals surface area contributed by atoms with Gasteiger partial charge in [-0.15, -0.1) is 0 Å². The summed E-state index contributed by atoms with van der Waals surface area (Å²) in [6.07, 6.45) is 35.7. The number of rotatable bonds is 24. The molecule has 0 aliphatic heterocycles. The maximum absolute atomic E-state index is 12.6. The molecule has 0 aliphatic rings. The summed E-state index contributed by atoms with van der Waals surface area (Å²) in [5, 5.41) is 42.4. The lowest BCUT2D eigenvalue weighted by atomic mass is 10.1. The van der Waals surface area contributed by atoms with Crippen molar-refractivity contribution in [1.82, 2.24) is 159 Å². The Hall–Kier alpha value is -20.5. The second-order valence-electron chi connectivity index (χ2n) is 33.5. The van der Waals surface area contributed by atoms with Crippen LogP contribution in [0.4, 0.5) is 22.7 Å². The van der Waals surface area contributed by atoms with E-state index in [1.807, 2.05) is 259 Å². The third-order valence-corrected chi connectivity index (χ3v) is 23.0. The number of hydrogen-bond acceptors (Lipinski definition) is 24. The van der Waals surface area contributed by atoms with Crippen molar-refractivity contribution in [2.45, 2.75) is 53.4 Å². The summed E-state index contributed by atoms with van der Waals surface area (Å²) in [4.78, 5) is 133. The Labute approximate surface area is 816 Å². The first-order valence-electron chi connectivity index (χ1n) is 45.3. The number of aromatic amines is 8. The van der Waals surface area contributed by atoms with Gasteiger partial charge in [-0.25, -0.2) is 59.8 Å². The number of hydrogen-bond donors (Lipinski definition) is 12. The fourth-order valence-electron chi connectivity index (χ4n) is 16.1. The molecule has 704 valence electrons. The van der Waals surface area contributed by atoms with Crippen LogP contribution in [0, 0.1) is 27.7 Å². The van der Waals surface area contributed by atoms with E-state index in [1.165, 1.54) is 12.7 Å². The molecule has 0 atom stereocenters. The number of imidazole rings is 6. The maximum atomic E-state index is 12.6. The number of aryl methyl sites for hydroxylation is 4. The lowest BCUT2D eigenvalue weighted by Gasteiger charge is -2.05. The van der Waals surface area contributed by atoms with Gasteiger partial charge in [0, 0.05) is 182 Å². The van der Waals surface area contributed by atoms with Crippen LogP contribution in [-0.2, 0) is 44.9 Å². The van der Waals surface area contributed by atoms with Gasteiger partial charge in [0.05, 0.1) is 87.7 Å². The Balaban J connectivity index is 0.000000113. The number of fused-ring (bicyclic) bond motifs is 4. The smallest absolute Gasteiger partial charge is 0.230 e. The second kappa shape index (κ2) is 40.4. The Morgan fingerprint density at radius 1 is 0.306 bits per heavy atom. The van der Waals surface area contributed by atoms with Crippen LogP contribution in [0.5, 0.6) is 0 Å². The zero-order valence-electron chi connectivity index (χ0n) is 77.2. The van der Waals surface area contributed by atoms with Crippen LogP contribution < -0.4 is 21.3 Å². The molecule has 40 nitrogen and oxygen atoms in total. The van der Waals surface area contributed by atoms with Crippen molar-refractivity contribution in [3.05, 3.63) is 364 Å². The van der Waals surface area contributed by atoms with Gasteiger partial charge >= 0.3 is 0 Å². The summed E-state index contributed by atoms with van der Waals surface area (Å²) in [5.41, 5.74) is 26.2. The van der Waals surface area contributed by atoms with Gasteiger partial charge in [-0.05, 0) is 209 Å². The van der Waals surface area contributed by atoms with Gasteiger partial charge in [0.2, 0.25) is 23.6 Å². The van der Waals surface area contributed by atoms with Gasteiger partial charge in [-0.1, -0.05) is 24.3 Å². The average Bonchev–Trinajstić information content (AvgIpc) is 1.65. The minimum Gasteiger partial charge on any atom is -0.354 e. The Bertz CT molecular complexity index is 7660. The fourth-order valence-corrected chi connectivity index (χ4v) is 16.1. The van der Waals surface area contributed by atoms with E-state index in [9.17, 15) is 19.2 Å². The number of carbonyl (C=O) groups is 4. The van der Waals surface area contributed by atoms with E-state index in [2.05, 4.69) is 163 Å². The third-order valence-electron chi connectivity index (χ3n) is 23.0. The van der Waals surface area contributed by atoms with Gasteiger partial charge in [0.15, 0.2) is 23.1 Å². The van der Waals surface area contributed by atoms with E-state index in [0.29, 0.717) is 51.5 Å². The summed E-state index contributed by atoms with van der Waals surface area (Å²) < 4.78 is 7.50. The van der Waals surface area contributed by atoms with Crippen LogP contribution in [0.25, 0.3) is 158 Å². The molecule has 4 aromatic carbocycles. The normalized spacial score (nSPS) is 11.1.